The summed E-state index contributed by atoms with van der Waals surface area (Å²) >= 11 is 24.6. The van der Waals surface area contributed by atoms with Crippen molar-refractivity contribution in [1.29, 1.82) is 0 Å². The Morgan fingerprint density at radius 2 is 0.745 bits per heavy atom. The highest BCUT2D eigenvalue weighted by Gasteiger charge is 2.49. The summed E-state index contributed by atoms with van der Waals surface area (Å²) in [4.78, 5) is 48.0. The first-order valence-corrected chi connectivity index (χ1v) is 36.5. The molecule has 6 aliphatic heterocycles. The lowest BCUT2D eigenvalue weighted by Crippen LogP contribution is -2.52. The number of benzene rings is 6. The molecule has 32 heteroatoms. The van der Waals surface area contributed by atoms with Gasteiger partial charge in [-0.2, -0.15) is 26.3 Å². The predicted octanol–water partition coefficient (Wildman–Crippen LogP) is 17.2. The lowest BCUT2D eigenvalue weighted by atomic mass is 9.98. The number of alkyl halides is 7. The molecule has 6 aliphatic rings. The molecule has 3 saturated heterocycles. The monoisotopic (exact) mass is 1610 g/mol. The van der Waals surface area contributed by atoms with Crippen LogP contribution in [0.4, 0.5) is 26.3 Å². The van der Waals surface area contributed by atoms with Crippen LogP contribution in [0, 0.1) is 0 Å². The summed E-state index contributed by atoms with van der Waals surface area (Å²) in [6.45, 7) is 8.15. The van der Waals surface area contributed by atoms with E-state index in [1.807, 2.05) is 4.90 Å². The average Bonchev–Trinajstić information content (AvgIpc) is 1.23. The molecule has 15 rings (SSSR count). The van der Waals surface area contributed by atoms with E-state index in [0.717, 1.165) is 96.0 Å². The molecular weight excluding hydrogens is 1520 g/mol. The Balaban J connectivity index is 0.000000173. The molecule has 5 N–H and O–H groups in total. The van der Waals surface area contributed by atoms with Gasteiger partial charge in [-0.05, 0) is 209 Å². The minimum absolute atomic E-state index is 0. The van der Waals surface area contributed by atoms with Crippen LogP contribution in [0.15, 0.2) is 146 Å². The number of ether oxygens (including phenoxy) is 6. The van der Waals surface area contributed by atoms with Crippen LogP contribution in [0.3, 0.4) is 0 Å². The molecule has 0 radical (unpaired) electrons. The summed E-state index contributed by atoms with van der Waals surface area (Å²) in [6.07, 6.45) is 5.95. The number of carbonyl (C=O) groups excluding carboxylic acids is 3. The van der Waals surface area contributed by atoms with E-state index in [2.05, 4.69) is 35.8 Å². The van der Waals surface area contributed by atoms with Crippen molar-refractivity contribution < 1.29 is 82.4 Å². The number of nitrogens with two attached hydrogens (primary N) is 1. The summed E-state index contributed by atoms with van der Waals surface area (Å²) < 4.78 is 141. The van der Waals surface area contributed by atoms with Crippen LogP contribution in [0.1, 0.15) is 112 Å². The Labute approximate surface area is 651 Å². The highest BCUT2D eigenvalue weighted by Crippen LogP contribution is 2.42. The number of amides is 3. The standard InChI is InChI=1S/C25H24Cl2F2N2O4.C25H24ClF2N5O4.C25H26ClF2N3O4.3CH4/c26-17-4-6-19-16(11-17)13-22(35-19)25(28,29)24(32)30-18(14-31-7-1-2-8-31)23(27)15-3-5-20-21(12-15)34-10-9-33-20;26-17-4-6-19-16(11-17)13-22(37-19)25(27,28)24(34)30-18(14-33-7-1-2-8-33)23(31-32-29)15-3-5-20-21(12-15)36-10-9-35-20;26-17-4-6-19-16(11-17)13-22(35-19)25(27,28)24(32)30-18(14-31-7-1-2-8-31)23(29)15-3-5-20-21(12-15)34-10-9-33-20;;;/h3-6,11-13,18,23H,1-2,7-10,14H2,(H,30,32);3-6,11-13,18,23H,1-2,7-10,14H2,(H,30,34);3-6,11-13,18,23H,1-2,7-10,14,29H2,(H,30,32);3*1H4/t2*18-,23+;18-,23-;;;/m111.../s1. The third kappa shape index (κ3) is 19.3. The summed E-state index contributed by atoms with van der Waals surface area (Å²) in [5.41, 5.74) is 18.3. The first kappa shape index (κ1) is 83.5. The molecule has 110 heavy (non-hydrogen) atoms. The van der Waals surface area contributed by atoms with Crippen LogP contribution in [-0.2, 0) is 32.2 Å². The molecule has 9 heterocycles. The predicted molar refractivity (Wildman–Crippen MR) is 408 cm³/mol. The van der Waals surface area contributed by atoms with E-state index in [9.17, 15) is 19.9 Å². The lowest BCUT2D eigenvalue weighted by molar-refractivity contribution is -0.150. The van der Waals surface area contributed by atoms with Crippen LogP contribution >= 0.6 is 46.4 Å². The summed E-state index contributed by atoms with van der Waals surface area (Å²) in [5.74, 6) is -15.3. The number of nitrogens with zero attached hydrogens (tertiary/aromatic N) is 6. The Morgan fingerprint density at radius 3 is 1.13 bits per heavy atom. The molecule has 3 aromatic heterocycles. The van der Waals surface area contributed by atoms with Gasteiger partial charge in [-0.1, -0.05) is 80.4 Å². The number of nitrogens with one attached hydrogen (secondary N) is 3. The zero-order chi connectivity index (χ0) is 75.2. The first-order valence-electron chi connectivity index (χ1n) is 34.9. The smallest absolute Gasteiger partial charge is 0.380 e. The van der Waals surface area contributed by atoms with E-state index >= 15 is 26.3 Å². The van der Waals surface area contributed by atoms with E-state index in [4.69, 9.17) is 93.8 Å². The van der Waals surface area contributed by atoms with Crippen LogP contribution in [0.5, 0.6) is 34.5 Å². The fourth-order valence-corrected chi connectivity index (χ4v) is 14.5. The molecule has 3 amide bonds. The minimum atomic E-state index is -3.98. The molecule has 0 spiro atoms. The zero-order valence-corrected chi connectivity index (χ0v) is 60.4. The number of rotatable bonds is 22. The van der Waals surface area contributed by atoms with E-state index in [-0.39, 0.29) is 45.6 Å². The van der Waals surface area contributed by atoms with Gasteiger partial charge in [0.05, 0.1) is 35.6 Å². The van der Waals surface area contributed by atoms with Gasteiger partial charge in [0, 0.05) is 55.8 Å². The van der Waals surface area contributed by atoms with Crippen molar-refractivity contribution in [2.75, 3.05) is 98.5 Å². The number of carbonyl (C=O) groups is 3. The van der Waals surface area contributed by atoms with Crippen molar-refractivity contribution in [1.82, 2.24) is 30.7 Å². The Morgan fingerprint density at radius 1 is 0.436 bits per heavy atom. The maximum Gasteiger partial charge on any atom is 0.380 e. The molecule has 0 aliphatic carbocycles. The van der Waals surface area contributed by atoms with Crippen LogP contribution in [0.25, 0.3) is 43.4 Å². The molecule has 6 aromatic carbocycles. The highest BCUT2D eigenvalue weighted by molar-refractivity contribution is 6.32. The highest BCUT2D eigenvalue weighted by atomic mass is 35.5. The normalized spacial score (nSPS) is 17.2. The number of hydrogen-bond donors (Lipinski definition) is 4. The van der Waals surface area contributed by atoms with Crippen molar-refractivity contribution in [3.63, 3.8) is 0 Å². The van der Waals surface area contributed by atoms with Crippen LogP contribution in [-0.4, -0.2) is 149 Å². The van der Waals surface area contributed by atoms with Gasteiger partial charge in [-0.25, -0.2) is 0 Å². The van der Waals surface area contributed by atoms with Gasteiger partial charge < -0.3 is 78.1 Å². The number of halogens is 10. The zero-order valence-electron chi connectivity index (χ0n) is 57.4. The van der Waals surface area contributed by atoms with Crippen molar-refractivity contribution in [2.45, 2.75) is 114 Å². The molecule has 0 unspecified atom stereocenters. The van der Waals surface area contributed by atoms with Crippen molar-refractivity contribution in [3.05, 3.63) is 187 Å². The Kier molecular flexibility index (Phi) is 27.7. The molecular formula is C78H86Cl4F6N10O12. The number of furan rings is 3. The van der Waals surface area contributed by atoms with E-state index in [1.54, 1.807) is 54.6 Å². The first-order chi connectivity index (χ1) is 51.5. The maximum absolute atomic E-state index is 15.3. The fourth-order valence-electron chi connectivity index (χ4n) is 13.7. The van der Waals surface area contributed by atoms with Crippen molar-refractivity contribution in [3.8, 4) is 34.5 Å². The molecule has 9 aromatic rings. The molecule has 22 nitrogen and oxygen atoms in total. The van der Waals surface area contributed by atoms with E-state index in [0.29, 0.717) is 135 Å². The van der Waals surface area contributed by atoms with Gasteiger partial charge in [0.1, 0.15) is 56.4 Å². The molecule has 6 atom stereocenters. The molecule has 590 valence electrons. The number of hydrogen-bond acceptors (Lipinski definition) is 17. The minimum Gasteiger partial charge on any atom is -0.486 e. The van der Waals surface area contributed by atoms with Crippen molar-refractivity contribution in [2.24, 2.45) is 10.8 Å². The van der Waals surface area contributed by atoms with E-state index < -0.39 is 88.4 Å². The third-order valence-corrected chi connectivity index (χ3v) is 20.5. The maximum atomic E-state index is 15.3. The third-order valence-electron chi connectivity index (χ3n) is 19.2. The quantitative estimate of drug-likeness (QED) is 0.0161. The largest absolute Gasteiger partial charge is 0.486 e. The SMILES string of the molecule is C.C.C.N[C@H](c1ccc2c(c1)OCCO2)[C@@H](CN1CCCC1)NC(=O)C(F)(F)c1cc2cc(Cl)ccc2o1.O=C(N[C@H](CN1CCCC1)[C@@H](Cl)c1ccc2c(c1)OCCO2)C(F)(F)c1cc2cc(Cl)ccc2o1.[N-]=[N+]=N[C@@H](c1ccc2c(c1)OCCO2)[C@@H](CN1CCCC1)NC(=O)C(F)(F)c1cc2cc(Cl)ccc2o1. The molecule has 0 saturated carbocycles. The average molecular weight is 1610 g/mol. The lowest BCUT2D eigenvalue weighted by Gasteiger charge is -2.31. The van der Waals surface area contributed by atoms with Crippen LogP contribution < -0.4 is 50.1 Å². The number of likely N-dealkylation sites (tertiary alicyclic amines) is 3. The van der Waals surface area contributed by atoms with Crippen LogP contribution in [0.2, 0.25) is 15.1 Å². The van der Waals surface area contributed by atoms with Gasteiger partial charge >= 0.3 is 17.8 Å². The second-order valence-electron chi connectivity index (χ2n) is 26.7. The number of fused-ring (bicyclic) bond motifs is 6. The summed E-state index contributed by atoms with van der Waals surface area (Å²) in [6, 6.07) is 28.1. The van der Waals surface area contributed by atoms with Gasteiger partial charge in [-0.3, -0.25) is 14.4 Å². The second kappa shape index (κ2) is 36.5. The second-order valence-corrected chi connectivity index (χ2v) is 28.4. The Bertz CT molecular complexity index is 4550. The number of azide groups is 1. The summed E-state index contributed by atoms with van der Waals surface area (Å²) in [5, 5.41) is 12.8. The topological polar surface area (TPSA) is 267 Å². The van der Waals surface area contributed by atoms with Crippen molar-refractivity contribution >= 4 is 97.0 Å². The van der Waals surface area contributed by atoms with Gasteiger partial charge in [0.25, 0.3) is 17.7 Å². The summed E-state index contributed by atoms with van der Waals surface area (Å²) in [7, 11) is 0. The van der Waals surface area contributed by atoms with Gasteiger partial charge in [-0.15, -0.1) is 11.6 Å². The molecule has 0 bridgehead atoms. The van der Waals surface area contributed by atoms with E-state index in [1.165, 1.54) is 54.6 Å². The Hall–Kier alpha value is -8.96. The molecule has 3 fully saturated rings. The van der Waals surface area contributed by atoms with Gasteiger partial charge in [0.2, 0.25) is 0 Å². The van der Waals surface area contributed by atoms with Gasteiger partial charge in [0.15, 0.2) is 51.8 Å². The fraction of sp³-hybridized carbons (Fsp3) is 0.423.